The van der Waals surface area contributed by atoms with Crippen LogP contribution in [0, 0.1) is 11.3 Å². The number of thiophene rings is 1. The van der Waals surface area contributed by atoms with Crippen LogP contribution in [0.1, 0.15) is 31.9 Å². The Morgan fingerprint density at radius 2 is 1.79 bits per heavy atom. The molecule has 2 rings (SSSR count). The summed E-state index contributed by atoms with van der Waals surface area (Å²) in [5.41, 5.74) is 4.46. The second kappa shape index (κ2) is 5.40. The summed E-state index contributed by atoms with van der Waals surface area (Å²) in [5.74, 6) is 0. The van der Waals surface area contributed by atoms with Crippen molar-refractivity contribution in [3.05, 3.63) is 40.8 Å². The van der Waals surface area contributed by atoms with E-state index >= 15 is 0 Å². The highest BCUT2D eigenvalue weighted by atomic mass is 32.2. The zero-order chi connectivity index (χ0) is 14.0. The van der Waals surface area contributed by atoms with Gasteiger partial charge in [0.2, 0.25) is 0 Å². The Bertz CT molecular complexity index is 610. The molecule has 0 atom stereocenters. The number of nitrogens with zero attached hydrogens (tertiary/aromatic N) is 1. The van der Waals surface area contributed by atoms with E-state index in [9.17, 15) is 5.26 Å². The third kappa shape index (κ3) is 2.86. The second-order valence-electron chi connectivity index (χ2n) is 5.46. The Morgan fingerprint density at radius 1 is 1.16 bits per heavy atom. The molecule has 0 unspecified atom stereocenters. The Morgan fingerprint density at radius 3 is 2.26 bits per heavy atom. The third-order valence-corrected chi connectivity index (χ3v) is 5.25. The van der Waals surface area contributed by atoms with Gasteiger partial charge in [-0.1, -0.05) is 45.0 Å². The first kappa shape index (κ1) is 14.2. The van der Waals surface area contributed by atoms with Crippen LogP contribution in [0.2, 0.25) is 0 Å². The number of hydrogen-bond donors (Lipinski definition) is 0. The van der Waals surface area contributed by atoms with Crippen molar-refractivity contribution in [3.63, 3.8) is 0 Å². The van der Waals surface area contributed by atoms with Gasteiger partial charge in [0.05, 0.1) is 9.77 Å². The molecule has 1 heterocycles. The SMILES string of the molecule is CSc1scc(-c2ccc(C(C)(C)C)cc2)c1C#N. The molecule has 3 heteroatoms. The summed E-state index contributed by atoms with van der Waals surface area (Å²) in [7, 11) is 0. The minimum Gasteiger partial charge on any atom is -0.192 e. The van der Waals surface area contributed by atoms with E-state index in [2.05, 4.69) is 56.5 Å². The minimum atomic E-state index is 0.162. The Balaban J connectivity index is 2.44. The summed E-state index contributed by atoms with van der Waals surface area (Å²) in [4.78, 5) is 0. The molecule has 0 saturated carbocycles. The molecule has 2 aromatic rings. The topological polar surface area (TPSA) is 23.8 Å². The zero-order valence-corrected chi connectivity index (χ0v) is 13.3. The lowest BCUT2D eigenvalue weighted by atomic mass is 9.86. The molecule has 0 fully saturated rings. The highest BCUT2D eigenvalue weighted by molar-refractivity contribution is 8.00. The van der Waals surface area contributed by atoms with Crippen LogP contribution in [0.3, 0.4) is 0 Å². The van der Waals surface area contributed by atoms with E-state index < -0.39 is 0 Å². The van der Waals surface area contributed by atoms with Gasteiger partial charge in [-0.3, -0.25) is 0 Å². The molecular weight excluding hydrogens is 270 g/mol. The van der Waals surface area contributed by atoms with Crippen molar-refractivity contribution < 1.29 is 0 Å². The van der Waals surface area contributed by atoms with Gasteiger partial charge < -0.3 is 0 Å². The first-order valence-corrected chi connectivity index (χ1v) is 8.24. The maximum atomic E-state index is 9.31. The fraction of sp³-hybridized carbons (Fsp3) is 0.312. The molecule has 0 amide bonds. The molecule has 0 aliphatic heterocycles. The predicted molar refractivity (Wildman–Crippen MR) is 85.0 cm³/mol. The van der Waals surface area contributed by atoms with Gasteiger partial charge in [-0.05, 0) is 22.8 Å². The lowest BCUT2D eigenvalue weighted by Gasteiger charge is -2.19. The number of hydrogen-bond acceptors (Lipinski definition) is 3. The fourth-order valence-corrected chi connectivity index (χ4v) is 3.60. The summed E-state index contributed by atoms with van der Waals surface area (Å²) < 4.78 is 1.09. The van der Waals surface area contributed by atoms with Crippen molar-refractivity contribution in [2.24, 2.45) is 0 Å². The number of benzene rings is 1. The minimum absolute atomic E-state index is 0.162. The molecule has 1 aromatic heterocycles. The van der Waals surface area contributed by atoms with E-state index in [1.807, 2.05) is 6.26 Å². The molecule has 0 radical (unpaired) electrons. The maximum Gasteiger partial charge on any atom is 0.102 e. The molecule has 0 N–H and O–H groups in total. The van der Waals surface area contributed by atoms with Crippen molar-refractivity contribution in [2.75, 3.05) is 6.26 Å². The summed E-state index contributed by atoms with van der Waals surface area (Å²) in [5, 5.41) is 11.4. The van der Waals surface area contributed by atoms with Crippen LogP contribution >= 0.6 is 23.1 Å². The maximum absolute atomic E-state index is 9.31. The van der Waals surface area contributed by atoms with E-state index in [-0.39, 0.29) is 5.41 Å². The molecule has 19 heavy (non-hydrogen) atoms. The Kier molecular flexibility index (Phi) is 4.03. The number of thioether (sulfide) groups is 1. The smallest absolute Gasteiger partial charge is 0.102 e. The molecule has 1 aromatic carbocycles. The lowest BCUT2D eigenvalue weighted by molar-refractivity contribution is 0.590. The average Bonchev–Trinajstić information content (AvgIpc) is 2.80. The van der Waals surface area contributed by atoms with Crippen molar-refractivity contribution in [3.8, 4) is 17.2 Å². The van der Waals surface area contributed by atoms with Gasteiger partial charge in [-0.2, -0.15) is 5.26 Å². The van der Waals surface area contributed by atoms with Crippen LogP contribution in [-0.4, -0.2) is 6.26 Å². The fourth-order valence-electron chi connectivity index (χ4n) is 1.96. The van der Waals surface area contributed by atoms with Gasteiger partial charge >= 0.3 is 0 Å². The van der Waals surface area contributed by atoms with Crippen molar-refractivity contribution >= 4 is 23.1 Å². The van der Waals surface area contributed by atoms with E-state index in [1.54, 1.807) is 23.1 Å². The Labute approximate surface area is 123 Å². The van der Waals surface area contributed by atoms with Crippen LogP contribution < -0.4 is 0 Å². The largest absolute Gasteiger partial charge is 0.192 e. The van der Waals surface area contributed by atoms with Crippen molar-refractivity contribution in [1.29, 1.82) is 5.26 Å². The van der Waals surface area contributed by atoms with E-state index in [1.165, 1.54) is 5.56 Å². The monoisotopic (exact) mass is 287 g/mol. The predicted octanol–water partition coefficient (Wildman–Crippen LogP) is 5.31. The van der Waals surface area contributed by atoms with Crippen LogP contribution in [0.4, 0.5) is 0 Å². The summed E-state index contributed by atoms with van der Waals surface area (Å²) in [6.07, 6.45) is 2.01. The van der Waals surface area contributed by atoms with Crippen LogP contribution in [0.5, 0.6) is 0 Å². The number of nitriles is 1. The molecule has 0 spiro atoms. The summed E-state index contributed by atoms with van der Waals surface area (Å²) in [6.45, 7) is 6.62. The molecule has 0 aliphatic rings. The normalized spacial score (nSPS) is 11.3. The highest BCUT2D eigenvalue weighted by Gasteiger charge is 2.15. The molecular formula is C16H17NS2. The van der Waals surface area contributed by atoms with Crippen molar-refractivity contribution in [2.45, 2.75) is 30.4 Å². The molecule has 98 valence electrons. The second-order valence-corrected chi connectivity index (χ2v) is 7.41. The van der Waals surface area contributed by atoms with Gasteiger partial charge in [0.25, 0.3) is 0 Å². The average molecular weight is 287 g/mol. The molecule has 0 saturated heterocycles. The zero-order valence-electron chi connectivity index (χ0n) is 11.7. The van der Waals surface area contributed by atoms with Gasteiger partial charge in [0, 0.05) is 10.9 Å². The van der Waals surface area contributed by atoms with Gasteiger partial charge in [-0.15, -0.1) is 23.1 Å². The quantitative estimate of drug-likeness (QED) is 0.699. The number of rotatable bonds is 2. The molecule has 0 aliphatic carbocycles. The molecule has 0 bridgehead atoms. The highest BCUT2D eigenvalue weighted by Crippen LogP contribution is 2.36. The van der Waals surface area contributed by atoms with Crippen LogP contribution in [0.25, 0.3) is 11.1 Å². The third-order valence-electron chi connectivity index (χ3n) is 3.12. The molecule has 1 nitrogen and oxygen atoms in total. The van der Waals surface area contributed by atoms with E-state index in [0.717, 1.165) is 20.9 Å². The first-order chi connectivity index (χ1) is 8.97. The van der Waals surface area contributed by atoms with Gasteiger partial charge in [0.15, 0.2) is 0 Å². The van der Waals surface area contributed by atoms with Gasteiger partial charge in [-0.25, -0.2) is 0 Å². The van der Waals surface area contributed by atoms with Gasteiger partial charge in [0.1, 0.15) is 6.07 Å². The Hall–Kier alpha value is -1.24. The van der Waals surface area contributed by atoms with Crippen LogP contribution in [-0.2, 0) is 5.41 Å². The summed E-state index contributed by atoms with van der Waals surface area (Å²) >= 11 is 3.28. The lowest BCUT2D eigenvalue weighted by Crippen LogP contribution is -2.10. The van der Waals surface area contributed by atoms with E-state index in [0.29, 0.717) is 0 Å². The standard InChI is InChI=1S/C16H17NS2/c1-16(2,3)12-7-5-11(6-8-12)14-10-19-15(18-4)13(14)9-17/h5-8,10H,1-4H3. The first-order valence-electron chi connectivity index (χ1n) is 6.14. The van der Waals surface area contributed by atoms with Crippen molar-refractivity contribution in [1.82, 2.24) is 0 Å². The summed E-state index contributed by atoms with van der Waals surface area (Å²) in [6, 6.07) is 10.9. The van der Waals surface area contributed by atoms with Crippen LogP contribution in [0.15, 0.2) is 33.9 Å². The van der Waals surface area contributed by atoms with E-state index in [4.69, 9.17) is 0 Å².